The summed E-state index contributed by atoms with van der Waals surface area (Å²) in [4.78, 5) is 21.1. The third kappa shape index (κ3) is 3.09. The molecule has 0 spiro atoms. The van der Waals surface area contributed by atoms with E-state index in [-0.39, 0.29) is 5.91 Å². The van der Waals surface area contributed by atoms with Crippen LogP contribution >= 0.6 is 22.7 Å². The molecule has 2 aromatic heterocycles. The summed E-state index contributed by atoms with van der Waals surface area (Å²) < 4.78 is 0. The van der Waals surface area contributed by atoms with E-state index >= 15 is 0 Å². The number of hydrogen-bond acceptors (Lipinski definition) is 6. The van der Waals surface area contributed by atoms with Crippen molar-refractivity contribution in [1.29, 1.82) is 0 Å². The predicted molar refractivity (Wildman–Crippen MR) is 69.7 cm³/mol. The first-order valence-corrected chi connectivity index (χ1v) is 6.77. The number of nitrogens with zero attached hydrogens (tertiary/aromatic N) is 2. The summed E-state index contributed by atoms with van der Waals surface area (Å²) in [6.07, 6.45) is 2.43. The van der Waals surface area contributed by atoms with Crippen LogP contribution in [0.2, 0.25) is 0 Å². The van der Waals surface area contributed by atoms with Gasteiger partial charge in [0.1, 0.15) is 5.69 Å². The normalized spacial score (nSPS) is 10.5. The highest BCUT2D eigenvalue weighted by Crippen LogP contribution is 2.18. The van der Waals surface area contributed by atoms with E-state index in [1.54, 1.807) is 11.6 Å². The third-order valence-electron chi connectivity index (χ3n) is 1.98. The quantitative estimate of drug-likeness (QED) is 0.883. The summed E-state index contributed by atoms with van der Waals surface area (Å²) in [5.74, 6) is -0.223. The van der Waals surface area contributed by atoms with Crippen LogP contribution in [0.4, 0.5) is 5.13 Å². The van der Waals surface area contributed by atoms with Crippen LogP contribution in [-0.2, 0) is 6.42 Å². The van der Waals surface area contributed by atoms with Gasteiger partial charge in [-0.1, -0.05) is 0 Å². The fourth-order valence-electron chi connectivity index (χ4n) is 1.23. The number of aromatic nitrogens is 2. The Balaban J connectivity index is 2.03. The molecule has 5 nitrogen and oxygen atoms in total. The van der Waals surface area contributed by atoms with Gasteiger partial charge < -0.3 is 5.73 Å². The van der Waals surface area contributed by atoms with Gasteiger partial charge in [-0.3, -0.25) is 10.1 Å². The number of amides is 1. The van der Waals surface area contributed by atoms with Gasteiger partial charge in [0.15, 0.2) is 5.13 Å². The summed E-state index contributed by atoms with van der Waals surface area (Å²) >= 11 is 2.89. The van der Waals surface area contributed by atoms with Gasteiger partial charge in [-0.15, -0.1) is 22.7 Å². The predicted octanol–water partition coefficient (Wildman–Crippen LogP) is 1.66. The Morgan fingerprint density at radius 1 is 1.59 bits per heavy atom. The van der Waals surface area contributed by atoms with E-state index in [0.29, 0.717) is 23.8 Å². The number of hydrogen-bond donors (Lipinski definition) is 2. The minimum atomic E-state index is -0.223. The largest absolute Gasteiger partial charge is 0.330 e. The van der Waals surface area contributed by atoms with E-state index in [9.17, 15) is 4.79 Å². The minimum Gasteiger partial charge on any atom is -0.330 e. The van der Waals surface area contributed by atoms with Crippen molar-refractivity contribution in [2.24, 2.45) is 5.73 Å². The number of carbonyl (C=O) groups is 1. The molecule has 0 aromatic carbocycles. The van der Waals surface area contributed by atoms with Crippen LogP contribution in [0.3, 0.4) is 0 Å². The molecule has 17 heavy (non-hydrogen) atoms. The fraction of sp³-hybridized carbons (Fsp3) is 0.300. The maximum Gasteiger partial charge on any atom is 0.276 e. The number of thiazole rings is 2. The van der Waals surface area contributed by atoms with E-state index in [1.165, 1.54) is 22.7 Å². The average Bonchev–Trinajstić information content (AvgIpc) is 2.88. The van der Waals surface area contributed by atoms with Crippen LogP contribution in [0.5, 0.6) is 0 Å². The third-order valence-corrected chi connectivity index (χ3v) is 3.72. The fourth-order valence-corrected chi connectivity index (χ4v) is 2.68. The van der Waals surface area contributed by atoms with Crippen molar-refractivity contribution in [1.82, 2.24) is 9.97 Å². The second-order valence-corrected chi connectivity index (χ2v) is 5.57. The summed E-state index contributed by atoms with van der Waals surface area (Å²) in [5.41, 5.74) is 5.85. The molecule has 90 valence electrons. The molecule has 0 unspecified atom stereocenters. The Bertz CT molecular complexity index is 520. The lowest BCUT2D eigenvalue weighted by molar-refractivity contribution is 0.102. The molecule has 0 saturated heterocycles. The number of carbonyl (C=O) groups excluding carboxylic acids is 1. The average molecular weight is 268 g/mol. The monoisotopic (exact) mass is 268 g/mol. The first-order valence-electron chi connectivity index (χ1n) is 5.07. The molecule has 0 fully saturated rings. The molecular weight excluding hydrogens is 256 g/mol. The topological polar surface area (TPSA) is 80.9 Å². The molecule has 1 amide bonds. The van der Waals surface area contributed by atoms with E-state index in [4.69, 9.17) is 5.73 Å². The van der Waals surface area contributed by atoms with Crippen molar-refractivity contribution >= 4 is 33.7 Å². The number of anilines is 1. The molecule has 0 aliphatic rings. The molecule has 0 saturated carbocycles. The van der Waals surface area contributed by atoms with E-state index in [0.717, 1.165) is 9.88 Å². The Labute approximate surface area is 107 Å². The van der Waals surface area contributed by atoms with Crippen molar-refractivity contribution in [2.45, 2.75) is 13.3 Å². The van der Waals surface area contributed by atoms with Crippen LogP contribution in [0.15, 0.2) is 11.6 Å². The van der Waals surface area contributed by atoms with Gasteiger partial charge in [0, 0.05) is 22.9 Å². The Hall–Kier alpha value is -1.31. The molecule has 2 rings (SSSR count). The zero-order valence-electron chi connectivity index (χ0n) is 9.27. The van der Waals surface area contributed by atoms with E-state index in [2.05, 4.69) is 15.3 Å². The summed E-state index contributed by atoms with van der Waals surface area (Å²) in [5, 5.41) is 5.93. The number of rotatable bonds is 4. The van der Waals surface area contributed by atoms with Crippen LogP contribution in [0.1, 0.15) is 20.4 Å². The van der Waals surface area contributed by atoms with Crippen molar-refractivity contribution in [2.75, 3.05) is 11.9 Å². The number of nitrogens with one attached hydrogen (secondary N) is 1. The first-order chi connectivity index (χ1) is 8.19. The molecular formula is C10H12N4OS2. The van der Waals surface area contributed by atoms with Gasteiger partial charge in [-0.05, 0) is 13.5 Å². The highest BCUT2D eigenvalue weighted by atomic mass is 32.1. The summed E-state index contributed by atoms with van der Waals surface area (Å²) in [7, 11) is 0. The molecule has 2 aromatic rings. The van der Waals surface area contributed by atoms with Crippen LogP contribution in [0.25, 0.3) is 0 Å². The molecule has 2 heterocycles. The lowest BCUT2D eigenvalue weighted by Gasteiger charge is -1.96. The lowest BCUT2D eigenvalue weighted by atomic mass is 10.4. The SMILES string of the molecule is Cc1cnc(NC(=O)c2csc(CCN)n2)s1. The molecule has 7 heteroatoms. The standard InChI is InChI=1S/C10H12N4OS2/c1-6-4-12-10(17-6)14-9(15)7-5-16-8(13-7)2-3-11/h4-5H,2-3,11H2,1H3,(H,12,14,15). The van der Waals surface area contributed by atoms with Gasteiger partial charge in [-0.2, -0.15) is 0 Å². The van der Waals surface area contributed by atoms with Crippen LogP contribution in [-0.4, -0.2) is 22.4 Å². The van der Waals surface area contributed by atoms with Gasteiger partial charge in [-0.25, -0.2) is 9.97 Å². The Morgan fingerprint density at radius 2 is 2.41 bits per heavy atom. The molecule has 0 atom stereocenters. The highest BCUT2D eigenvalue weighted by Gasteiger charge is 2.12. The van der Waals surface area contributed by atoms with Gasteiger partial charge in [0.25, 0.3) is 5.91 Å². The molecule has 0 radical (unpaired) electrons. The minimum absolute atomic E-state index is 0.223. The van der Waals surface area contributed by atoms with E-state index in [1.807, 2.05) is 6.92 Å². The van der Waals surface area contributed by atoms with Crippen LogP contribution in [0, 0.1) is 6.92 Å². The van der Waals surface area contributed by atoms with Gasteiger partial charge in [0.05, 0.1) is 5.01 Å². The number of nitrogens with two attached hydrogens (primary N) is 1. The zero-order valence-corrected chi connectivity index (χ0v) is 10.9. The van der Waals surface area contributed by atoms with Gasteiger partial charge >= 0.3 is 0 Å². The molecule has 0 aliphatic heterocycles. The second-order valence-electron chi connectivity index (χ2n) is 3.40. The van der Waals surface area contributed by atoms with Gasteiger partial charge in [0.2, 0.25) is 0 Å². The maximum atomic E-state index is 11.8. The highest BCUT2D eigenvalue weighted by molar-refractivity contribution is 7.15. The van der Waals surface area contributed by atoms with Crippen molar-refractivity contribution < 1.29 is 4.79 Å². The Kier molecular flexibility index (Phi) is 3.82. The lowest BCUT2D eigenvalue weighted by Crippen LogP contribution is -2.12. The molecule has 0 bridgehead atoms. The maximum absolute atomic E-state index is 11.8. The van der Waals surface area contributed by atoms with E-state index < -0.39 is 0 Å². The van der Waals surface area contributed by atoms with Crippen molar-refractivity contribution in [3.05, 3.63) is 27.2 Å². The molecule has 0 aliphatic carbocycles. The second kappa shape index (κ2) is 5.35. The van der Waals surface area contributed by atoms with Crippen molar-refractivity contribution in [3.63, 3.8) is 0 Å². The molecule has 3 N–H and O–H groups in total. The number of aryl methyl sites for hydroxylation is 1. The zero-order chi connectivity index (χ0) is 12.3. The summed E-state index contributed by atoms with van der Waals surface area (Å²) in [6.45, 7) is 2.48. The Morgan fingerprint density at radius 3 is 3.06 bits per heavy atom. The van der Waals surface area contributed by atoms with Crippen LogP contribution < -0.4 is 11.1 Å². The van der Waals surface area contributed by atoms with Crippen molar-refractivity contribution in [3.8, 4) is 0 Å². The smallest absolute Gasteiger partial charge is 0.276 e. The summed E-state index contributed by atoms with van der Waals surface area (Å²) in [6, 6.07) is 0. The first kappa shape index (κ1) is 12.2.